The lowest BCUT2D eigenvalue weighted by atomic mass is 10.0. The van der Waals surface area contributed by atoms with Gasteiger partial charge in [0, 0.05) is 48.1 Å². The molecule has 40 heavy (non-hydrogen) atoms. The Morgan fingerprint density at radius 1 is 1.23 bits per heavy atom. The molecule has 4 rings (SSSR count). The Balaban J connectivity index is 1.42. The summed E-state index contributed by atoms with van der Waals surface area (Å²) in [4.78, 5) is 26.9. The Kier molecular flexibility index (Phi) is 8.70. The number of halogens is 4. The predicted octanol–water partition coefficient (Wildman–Crippen LogP) is 6.35. The summed E-state index contributed by atoms with van der Waals surface area (Å²) in [5.41, 5.74) is 7.74. The minimum Gasteiger partial charge on any atom is -0.384 e. The Morgan fingerprint density at radius 2 is 1.95 bits per heavy atom. The Labute approximate surface area is 230 Å². The maximum atomic E-state index is 13.2. The van der Waals surface area contributed by atoms with Gasteiger partial charge >= 0.3 is 6.18 Å². The van der Waals surface area contributed by atoms with Crippen LogP contribution in [0.3, 0.4) is 0 Å². The van der Waals surface area contributed by atoms with Crippen LogP contribution in [0.5, 0.6) is 0 Å². The molecule has 0 bridgehead atoms. The molecule has 1 unspecified atom stereocenters. The van der Waals surface area contributed by atoms with Gasteiger partial charge in [-0.3, -0.25) is 9.18 Å². The summed E-state index contributed by atoms with van der Waals surface area (Å²) in [7, 11) is 0. The lowest BCUT2D eigenvalue weighted by Gasteiger charge is -2.24. The summed E-state index contributed by atoms with van der Waals surface area (Å²) >= 11 is 0. The molecule has 7 nitrogen and oxygen atoms in total. The molecule has 0 radical (unpaired) electrons. The lowest BCUT2D eigenvalue weighted by Crippen LogP contribution is -2.33. The van der Waals surface area contributed by atoms with Gasteiger partial charge in [-0.25, -0.2) is 9.97 Å². The fourth-order valence-corrected chi connectivity index (χ4v) is 4.28. The molecule has 2 aliphatic carbocycles. The largest absolute Gasteiger partial charge is 0.451 e. The summed E-state index contributed by atoms with van der Waals surface area (Å²) in [5, 5.41) is 4.05. The van der Waals surface area contributed by atoms with Crippen LogP contribution in [0.25, 0.3) is 11.1 Å². The van der Waals surface area contributed by atoms with Crippen molar-refractivity contribution in [1.82, 2.24) is 9.97 Å². The van der Waals surface area contributed by atoms with Crippen molar-refractivity contribution < 1.29 is 27.2 Å². The smallest absolute Gasteiger partial charge is 0.384 e. The maximum absolute atomic E-state index is 13.2. The zero-order valence-corrected chi connectivity index (χ0v) is 22.0. The molecule has 2 aromatic rings. The van der Waals surface area contributed by atoms with Crippen LogP contribution in [0.4, 0.5) is 23.2 Å². The first-order valence-corrected chi connectivity index (χ1v) is 13.0. The first kappa shape index (κ1) is 29.0. The molecule has 1 aromatic carbocycles. The van der Waals surface area contributed by atoms with Crippen molar-refractivity contribution in [2.75, 3.05) is 18.1 Å². The van der Waals surface area contributed by atoms with Crippen LogP contribution in [-0.2, 0) is 15.8 Å². The number of benzene rings is 1. The standard InChI is InChI=1S/C29H31F4N5O2/c1-3-20(25(34)37-40-24-16-28(24)11-12-28)7-4-5-14-38(26(39)19(2)10-13-30)23-9-6-8-21(15-23)22-17-35-27(36-18-22)29(31,32)33/h3,6,8-9,15-18,20H,1-2,4-5,7,10-14H2,(H2,34,37). The van der Waals surface area contributed by atoms with Crippen LogP contribution in [0.1, 0.15) is 44.3 Å². The van der Waals surface area contributed by atoms with E-state index in [9.17, 15) is 22.4 Å². The molecule has 212 valence electrons. The van der Waals surface area contributed by atoms with Gasteiger partial charge in [-0.05, 0) is 49.5 Å². The molecule has 11 heteroatoms. The van der Waals surface area contributed by atoms with Gasteiger partial charge in [0.1, 0.15) is 11.6 Å². The summed E-state index contributed by atoms with van der Waals surface area (Å²) in [5.74, 6) is -0.679. The van der Waals surface area contributed by atoms with Crippen molar-refractivity contribution in [2.24, 2.45) is 22.2 Å². The van der Waals surface area contributed by atoms with Gasteiger partial charge in [0.15, 0.2) is 0 Å². The van der Waals surface area contributed by atoms with Gasteiger partial charge in [0.25, 0.3) is 5.91 Å². The van der Waals surface area contributed by atoms with E-state index in [4.69, 9.17) is 10.6 Å². The number of carbonyl (C=O) groups excluding carboxylic acids is 1. The van der Waals surface area contributed by atoms with Gasteiger partial charge < -0.3 is 15.5 Å². The van der Waals surface area contributed by atoms with Crippen LogP contribution in [0, 0.1) is 11.3 Å². The van der Waals surface area contributed by atoms with Gasteiger partial charge in [-0.15, -0.1) is 6.58 Å². The molecule has 1 spiro atoms. The fraction of sp³-hybridized carbons (Fsp3) is 0.379. The number of oxime groups is 1. The molecule has 1 heterocycles. The highest BCUT2D eigenvalue weighted by Gasteiger charge is 2.57. The van der Waals surface area contributed by atoms with Crippen molar-refractivity contribution in [3.63, 3.8) is 0 Å². The number of amides is 1. The number of aromatic nitrogens is 2. The molecule has 0 saturated heterocycles. The van der Waals surface area contributed by atoms with E-state index in [-0.39, 0.29) is 23.3 Å². The SMILES string of the molecule is C=CC(CCCCN(C(=O)C(=C)CCF)c1cccc(-c2cnc(C(F)(F)F)nc2)c1)/C(N)=N/OC1=CC12CC2. The fourth-order valence-electron chi connectivity index (χ4n) is 4.28. The second-order valence-corrected chi connectivity index (χ2v) is 9.95. The number of nitrogens with two attached hydrogens (primary N) is 1. The van der Waals surface area contributed by atoms with Crippen molar-refractivity contribution >= 4 is 17.4 Å². The third kappa shape index (κ3) is 6.94. The van der Waals surface area contributed by atoms with Crippen LogP contribution >= 0.6 is 0 Å². The van der Waals surface area contributed by atoms with E-state index in [0.717, 1.165) is 31.0 Å². The number of alkyl halides is 4. The zero-order valence-electron chi connectivity index (χ0n) is 22.0. The number of nitrogens with zero attached hydrogens (tertiary/aromatic N) is 4. The highest BCUT2D eigenvalue weighted by molar-refractivity contribution is 6.05. The number of anilines is 1. The van der Waals surface area contributed by atoms with Crippen LogP contribution in [0.2, 0.25) is 0 Å². The first-order valence-electron chi connectivity index (χ1n) is 13.0. The molecule has 1 fully saturated rings. The van der Waals surface area contributed by atoms with Gasteiger partial charge in [-0.1, -0.05) is 36.4 Å². The molecular weight excluding hydrogens is 526 g/mol. The number of amidine groups is 1. The van der Waals surface area contributed by atoms with E-state index in [1.807, 2.05) is 0 Å². The second-order valence-electron chi connectivity index (χ2n) is 9.95. The minimum absolute atomic E-state index is 0.106. The number of carbonyl (C=O) groups is 1. The quantitative estimate of drug-likeness (QED) is 0.0556. The van der Waals surface area contributed by atoms with Crippen LogP contribution in [0.15, 0.2) is 78.5 Å². The monoisotopic (exact) mass is 557 g/mol. The van der Waals surface area contributed by atoms with Crippen molar-refractivity contribution in [3.05, 3.63) is 79.1 Å². The van der Waals surface area contributed by atoms with E-state index >= 15 is 0 Å². The van der Waals surface area contributed by atoms with E-state index in [1.165, 1.54) is 4.90 Å². The maximum Gasteiger partial charge on any atom is 0.451 e. The average molecular weight is 558 g/mol. The van der Waals surface area contributed by atoms with Crippen LogP contribution in [-0.4, -0.2) is 34.9 Å². The normalized spacial score (nSPS) is 16.2. The lowest BCUT2D eigenvalue weighted by molar-refractivity contribution is -0.145. The highest BCUT2D eigenvalue weighted by Crippen LogP contribution is 2.64. The number of hydrogen-bond donors (Lipinski definition) is 1. The predicted molar refractivity (Wildman–Crippen MR) is 145 cm³/mol. The van der Waals surface area contributed by atoms with Crippen LogP contribution < -0.4 is 10.6 Å². The van der Waals surface area contributed by atoms with E-state index in [1.54, 1.807) is 30.3 Å². The van der Waals surface area contributed by atoms with E-state index < -0.39 is 24.6 Å². The third-order valence-corrected chi connectivity index (χ3v) is 7.00. The minimum atomic E-state index is -4.65. The zero-order chi connectivity index (χ0) is 28.9. The highest BCUT2D eigenvalue weighted by atomic mass is 19.4. The summed E-state index contributed by atoms with van der Waals surface area (Å²) < 4.78 is 51.5. The Bertz CT molecular complexity index is 1320. The summed E-state index contributed by atoms with van der Waals surface area (Å²) in [6, 6.07) is 6.70. The molecule has 1 atom stereocenters. The number of unbranched alkanes of at least 4 members (excludes halogenated alkanes) is 1. The average Bonchev–Trinajstić information content (AvgIpc) is 3.87. The number of allylic oxidation sites excluding steroid dienone is 2. The third-order valence-electron chi connectivity index (χ3n) is 7.00. The topological polar surface area (TPSA) is 93.7 Å². The van der Waals surface area contributed by atoms with Gasteiger partial charge in [-0.2, -0.15) is 13.2 Å². The van der Waals surface area contributed by atoms with Gasteiger partial charge in [0.05, 0.1) is 12.1 Å². The molecule has 2 aliphatic rings. The molecule has 0 aliphatic heterocycles. The first-order chi connectivity index (χ1) is 19.1. The van der Waals surface area contributed by atoms with E-state index in [0.29, 0.717) is 48.5 Å². The van der Waals surface area contributed by atoms with Crippen molar-refractivity contribution in [3.8, 4) is 11.1 Å². The molecule has 1 amide bonds. The summed E-state index contributed by atoms with van der Waals surface area (Å²) in [6.07, 6.45) is 5.23. The molecule has 1 aromatic heterocycles. The Morgan fingerprint density at radius 3 is 2.55 bits per heavy atom. The molecule has 1 saturated carbocycles. The van der Waals surface area contributed by atoms with Crippen molar-refractivity contribution in [2.45, 2.75) is 44.7 Å². The van der Waals surface area contributed by atoms with Crippen molar-refractivity contribution in [1.29, 1.82) is 0 Å². The Hall–Kier alpha value is -4.02. The second kappa shape index (κ2) is 12.0. The molecule has 2 N–H and O–H groups in total. The van der Waals surface area contributed by atoms with E-state index in [2.05, 4.69) is 34.4 Å². The summed E-state index contributed by atoms with van der Waals surface area (Å²) in [6.45, 7) is 7.15. The molecular formula is C29H31F4N5O2. The van der Waals surface area contributed by atoms with Gasteiger partial charge in [0.2, 0.25) is 5.82 Å². The number of hydrogen-bond acceptors (Lipinski definition) is 5. The number of rotatable bonds is 14.